The van der Waals surface area contributed by atoms with Gasteiger partial charge in [0, 0.05) is 41.9 Å². The van der Waals surface area contributed by atoms with Gasteiger partial charge in [-0.05, 0) is 73.8 Å². The minimum atomic E-state index is -0.137. The largest absolute Gasteiger partial charge is 0.292 e. The maximum atomic E-state index is 5.54. The first-order valence-corrected chi connectivity index (χ1v) is 18.4. The van der Waals surface area contributed by atoms with Gasteiger partial charge in [-0.3, -0.25) is 4.57 Å². The SMILES string of the molecule is CC1(C)c2cccc3c4ccccc4c4cccc5c4c4c(c1ccc4n5-c1nc4ccccc4nc1-c1cccc4c1sc1ccccc14)c23. The van der Waals surface area contributed by atoms with Gasteiger partial charge in [0.05, 0.1) is 22.1 Å². The molecular weight excluding hydrogens is 639 g/mol. The van der Waals surface area contributed by atoms with Crippen molar-refractivity contribution in [1.82, 2.24) is 14.5 Å². The molecule has 3 aromatic heterocycles. The van der Waals surface area contributed by atoms with Crippen molar-refractivity contribution in [2.75, 3.05) is 0 Å². The number of hydrogen-bond acceptors (Lipinski definition) is 3. The number of rotatable bonds is 2. The van der Waals surface area contributed by atoms with E-state index >= 15 is 0 Å². The summed E-state index contributed by atoms with van der Waals surface area (Å²) in [5.41, 5.74) is 8.71. The minimum absolute atomic E-state index is 0.137. The van der Waals surface area contributed by atoms with E-state index in [4.69, 9.17) is 9.97 Å². The van der Waals surface area contributed by atoms with Crippen LogP contribution in [0.25, 0.3) is 102 Å². The second kappa shape index (κ2) is 9.57. The first-order chi connectivity index (χ1) is 25.1. The van der Waals surface area contributed by atoms with Crippen LogP contribution in [0.5, 0.6) is 0 Å². The molecule has 0 amide bonds. The summed E-state index contributed by atoms with van der Waals surface area (Å²) >= 11 is 1.84. The molecule has 238 valence electrons. The molecule has 4 heteroatoms. The van der Waals surface area contributed by atoms with Gasteiger partial charge in [-0.15, -0.1) is 11.3 Å². The average Bonchev–Trinajstić information content (AvgIpc) is 3.79. The Morgan fingerprint density at radius 2 is 1.08 bits per heavy atom. The molecule has 51 heavy (non-hydrogen) atoms. The highest BCUT2D eigenvalue weighted by Crippen LogP contribution is 2.53. The van der Waals surface area contributed by atoms with E-state index in [9.17, 15) is 0 Å². The Morgan fingerprint density at radius 1 is 0.471 bits per heavy atom. The topological polar surface area (TPSA) is 30.7 Å². The number of nitrogens with zero attached hydrogens (tertiary/aromatic N) is 3. The van der Waals surface area contributed by atoms with Gasteiger partial charge in [0.1, 0.15) is 5.69 Å². The molecule has 3 nitrogen and oxygen atoms in total. The fraction of sp³-hybridized carbons (Fsp3) is 0.0638. The van der Waals surface area contributed by atoms with Crippen molar-refractivity contribution < 1.29 is 0 Å². The molecule has 1 aliphatic carbocycles. The zero-order chi connectivity index (χ0) is 33.6. The highest BCUT2D eigenvalue weighted by molar-refractivity contribution is 7.26. The molecule has 0 fully saturated rings. The summed E-state index contributed by atoms with van der Waals surface area (Å²) in [5.74, 6) is 0.856. The molecule has 0 unspecified atom stereocenters. The van der Waals surface area contributed by atoms with E-state index in [2.05, 4.69) is 158 Å². The highest BCUT2D eigenvalue weighted by Gasteiger charge is 2.36. The molecule has 0 bridgehead atoms. The van der Waals surface area contributed by atoms with Crippen LogP contribution in [0, 0.1) is 0 Å². The van der Waals surface area contributed by atoms with Crippen LogP contribution in [0.2, 0.25) is 0 Å². The van der Waals surface area contributed by atoms with Gasteiger partial charge >= 0.3 is 0 Å². The van der Waals surface area contributed by atoms with Crippen molar-refractivity contribution in [2.45, 2.75) is 19.3 Å². The van der Waals surface area contributed by atoms with Gasteiger partial charge in [-0.1, -0.05) is 123 Å². The molecule has 0 radical (unpaired) electrons. The third-order valence-electron chi connectivity index (χ3n) is 11.5. The molecule has 0 saturated carbocycles. The lowest BCUT2D eigenvalue weighted by Crippen LogP contribution is -2.15. The lowest BCUT2D eigenvalue weighted by atomic mass is 9.81. The number of thiophene rings is 1. The summed E-state index contributed by atoms with van der Waals surface area (Å²) in [6.07, 6.45) is 0. The van der Waals surface area contributed by atoms with Crippen LogP contribution in [-0.4, -0.2) is 14.5 Å². The van der Waals surface area contributed by atoms with Crippen LogP contribution in [0.15, 0.2) is 140 Å². The zero-order valence-electron chi connectivity index (χ0n) is 28.0. The van der Waals surface area contributed by atoms with E-state index in [-0.39, 0.29) is 5.41 Å². The van der Waals surface area contributed by atoms with E-state index < -0.39 is 0 Å². The maximum Gasteiger partial charge on any atom is 0.165 e. The third kappa shape index (κ3) is 3.43. The monoisotopic (exact) mass is 667 g/mol. The average molecular weight is 668 g/mol. The summed E-state index contributed by atoms with van der Waals surface area (Å²) in [5, 5.41) is 12.9. The molecule has 0 aliphatic heterocycles. The van der Waals surface area contributed by atoms with Gasteiger partial charge in [0.25, 0.3) is 0 Å². The summed E-state index contributed by atoms with van der Waals surface area (Å²) in [6.45, 7) is 4.77. The van der Waals surface area contributed by atoms with E-state index in [0.29, 0.717) is 0 Å². The van der Waals surface area contributed by atoms with Gasteiger partial charge in [0.2, 0.25) is 0 Å². The second-order valence-corrected chi connectivity index (χ2v) is 15.5. The van der Waals surface area contributed by atoms with Gasteiger partial charge in [-0.25, -0.2) is 9.97 Å². The summed E-state index contributed by atoms with van der Waals surface area (Å²) in [7, 11) is 0. The Kier molecular flexibility index (Phi) is 5.19. The standard InChI is InChI=1S/C47H29N3S/c1-47(2)33-19-10-15-29-26-12-3-4-13-27(26)30-16-11-22-37-41(30)43-38(25-24-34(47)42(43)40(29)33)50(37)46-44(48-35-20-6-7-21-36(35)49-46)32-18-9-17-31-28-14-5-8-23-39(28)51-45(31)32/h3-25H,1-2H3. The Bertz CT molecular complexity index is 3340. The van der Waals surface area contributed by atoms with Crippen molar-refractivity contribution >= 4 is 96.7 Å². The molecule has 12 rings (SSSR count). The fourth-order valence-corrected chi connectivity index (χ4v) is 10.5. The van der Waals surface area contributed by atoms with Gasteiger partial charge < -0.3 is 0 Å². The number of benzene rings is 7. The lowest BCUT2D eigenvalue weighted by Gasteiger charge is -2.22. The number of para-hydroxylation sites is 2. The van der Waals surface area contributed by atoms with Crippen molar-refractivity contribution in [3.63, 3.8) is 0 Å². The normalized spacial score (nSPS) is 13.8. The van der Waals surface area contributed by atoms with Crippen LogP contribution >= 0.6 is 11.3 Å². The predicted molar refractivity (Wildman–Crippen MR) is 217 cm³/mol. The predicted octanol–water partition coefficient (Wildman–Crippen LogP) is 12.9. The van der Waals surface area contributed by atoms with Crippen molar-refractivity contribution in [3.05, 3.63) is 151 Å². The number of hydrogen-bond donors (Lipinski definition) is 0. The summed E-state index contributed by atoms with van der Waals surface area (Å²) in [6, 6.07) is 51.0. The van der Waals surface area contributed by atoms with Gasteiger partial charge in [-0.2, -0.15) is 0 Å². The number of fused-ring (bicyclic) bond motifs is 7. The molecule has 11 aromatic rings. The molecular formula is C47H29N3S. The maximum absolute atomic E-state index is 5.54. The Morgan fingerprint density at radius 3 is 1.90 bits per heavy atom. The van der Waals surface area contributed by atoms with Crippen LogP contribution in [0.1, 0.15) is 25.0 Å². The van der Waals surface area contributed by atoms with Crippen LogP contribution in [0.4, 0.5) is 0 Å². The highest BCUT2D eigenvalue weighted by atomic mass is 32.1. The molecule has 0 saturated heterocycles. The molecule has 8 aromatic carbocycles. The summed E-state index contributed by atoms with van der Waals surface area (Å²) < 4.78 is 4.93. The number of aromatic nitrogens is 3. The Hall–Kier alpha value is -6.10. The third-order valence-corrected chi connectivity index (χ3v) is 12.8. The molecule has 0 spiro atoms. The van der Waals surface area contributed by atoms with E-state index in [1.807, 2.05) is 11.3 Å². The lowest BCUT2D eigenvalue weighted by molar-refractivity contribution is 0.663. The first kappa shape index (κ1) is 27.7. The second-order valence-electron chi connectivity index (χ2n) is 14.5. The van der Waals surface area contributed by atoms with Gasteiger partial charge in [0.15, 0.2) is 5.82 Å². The minimum Gasteiger partial charge on any atom is -0.292 e. The zero-order valence-corrected chi connectivity index (χ0v) is 28.8. The van der Waals surface area contributed by atoms with Crippen LogP contribution in [0.3, 0.4) is 0 Å². The van der Waals surface area contributed by atoms with E-state index in [1.54, 1.807) is 0 Å². The Labute approximate surface area is 297 Å². The first-order valence-electron chi connectivity index (χ1n) is 17.6. The van der Waals surface area contributed by atoms with Crippen LogP contribution in [-0.2, 0) is 5.41 Å². The summed E-state index contributed by atoms with van der Waals surface area (Å²) in [4.78, 5) is 11.0. The van der Waals surface area contributed by atoms with Crippen molar-refractivity contribution in [2.24, 2.45) is 0 Å². The fourth-order valence-electron chi connectivity index (χ4n) is 9.31. The smallest absolute Gasteiger partial charge is 0.165 e. The molecule has 0 N–H and O–H groups in total. The molecule has 1 aliphatic rings. The van der Waals surface area contributed by atoms with Crippen LogP contribution < -0.4 is 0 Å². The molecule has 3 heterocycles. The quantitative estimate of drug-likeness (QED) is 0.184. The van der Waals surface area contributed by atoms with E-state index in [1.165, 1.54) is 74.4 Å². The van der Waals surface area contributed by atoms with E-state index in [0.717, 1.165) is 39.1 Å². The van der Waals surface area contributed by atoms with Crippen molar-refractivity contribution in [3.8, 4) is 17.1 Å². The van der Waals surface area contributed by atoms with Crippen molar-refractivity contribution in [1.29, 1.82) is 0 Å². The Balaban J connectivity index is 1.33. The molecule has 0 atom stereocenters.